The summed E-state index contributed by atoms with van der Waals surface area (Å²) in [6.45, 7) is 3.69. The number of nitrogens with one attached hydrogen (secondary N) is 2. The maximum Gasteiger partial charge on any atom is 0.123 e. The maximum absolute atomic E-state index is 4.19. The fourth-order valence-corrected chi connectivity index (χ4v) is 1.17. The van der Waals surface area contributed by atoms with Crippen LogP contribution in [0.15, 0.2) is 25.0 Å². The molecule has 66 valence electrons. The highest BCUT2D eigenvalue weighted by Crippen LogP contribution is 2.13. The van der Waals surface area contributed by atoms with E-state index in [1.807, 2.05) is 19.3 Å². The van der Waals surface area contributed by atoms with Crippen molar-refractivity contribution in [2.75, 3.05) is 7.05 Å². The number of imidazole rings is 1. The summed E-state index contributed by atoms with van der Waals surface area (Å²) >= 11 is 0. The molecule has 0 amide bonds. The van der Waals surface area contributed by atoms with Crippen molar-refractivity contribution in [2.45, 2.75) is 18.9 Å². The molecule has 1 unspecified atom stereocenters. The lowest BCUT2D eigenvalue weighted by molar-refractivity contribution is 0.530. The van der Waals surface area contributed by atoms with Gasteiger partial charge in [-0.15, -0.1) is 6.58 Å². The number of hydrogen-bond donors (Lipinski definition) is 2. The van der Waals surface area contributed by atoms with Crippen molar-refractivity contribution >= 4 is 0 Å². The highest BCUT2D eigenvalue weighted by Gasteiger charge is 2.08. The predicted octanol–water partition coefficient (Wildman–Crippen LogP) is 1.64. The molecule has 1 aromatic rings. The van der Waals surface area contributed by atoms with Crippen LogP contribution in [0.25, 0.3) is 0 Å². The van der Waals surface area contributed by atoms with E-state index in [4.69, 9.17) is 0 Å². The Hall–Kier alpha value is -1.09. The van der Waals surface area contributed by atoms with Gasteiger partial charge >= 0.3 is 0 Å². The minimum Gasteiger partial charge on any atom is -0.347 e. The Morgan fingerprint density at radius 3 is 3.17 bits per heavy atom. The SMILES string of the molecule is C=CCCC(NC)c1ncc[nH]1. The lowest BCUT2D eigenvalue weighted by atomic mass is 10.1. The average Bonchev–Trinajstić information content (AvgIpc) is 2.59. The van der Waals surface area contributed by atoms with Crippen molar-refractivity contribution in [1.29, 1.82) is 0 Å². The Kier molecular flexibility index (Phi) is 3.54. The molecule has 0 aliphatic rings. The molecule has 0 saturated carbocycles. The quantitative estimate of drug-likeness (QED) is 0.651. The van der Waals surface area contributed by atoms with Crippen molar-refractivity contribution in [3.8, 4) is 0 Å². The molecule has 2 N–H and O–H groups in total. The second-order valence-corrected chi connectivity index (χ2v) is 2.68. The molecule has 1 aromatic heterocycles. The summed E-state index contributed by atoms with van der Waals surface area (Å²) in [7, 11) is 1.94. The highest BCUT2D eigenvalue weighted by molar-refractivity contribution is 4.95. The summed E-state index contributed by atoms with van der Waals surface area (Å²) in [6, 6.07) is 0.318. The molecule has 3 heteroatoms. The first-order valence-corrected chi connectivity index (χ1v) is 4.16. The zero-order valence-electron chi connectivity index (χ0n) is 7.38. The van der Waals surface area contributed by atoms with Gasteiger partial charge in [0.05, 0.1) is 6.04 Å². The van der Waals surface area contributed by atoms with Gasteiger partial charge < -0.3 is 10.3 Å². The molecule has 0 radical (unpaired) electrons. The fraction of sp³-hybridized carbons (Fsp3) is 0.444. The number of aromatic amines is 1. The van der Waals surface area contributed by atoms with Gasteiger partial charge in [-0.3, -0.25) is 0 Å². The largest absolute Gasteiger partial charge is 0.347 e. The van der Waals surface area contributed by atoms with Gasteiger partial charge in [0.15, 0.2) is 0 Å². The number of allylic oxidation sites excluding steroid dienone is 1. The van der Waals surface area contributed by atoms with E-state index in [1.54, 1.807) is 6.20 Å². The van der Waals surface area contributed by atoms with Crippen molar-refractivity contribution < 1.29 is 0 Å². The van der Waals surface area contributed by atoms with Gasteiger partial charge in [0.25, 0.3) is 0 Å². The lowest BCUT2D eigenvalue weighted by Crippen LogP contribution is -2.17. The second-order valence-electron chi connectivity index (χ2n) is 2.68. The standard InChI is InChI=1S/C9H15N3/c1-3-4-5-8(10-2)9-11-6-7-12-9/h3,6-8,10H,1,4-5H2,2H3,(H,11,12). The Labute approximate surface area is 72.9 Å². The zero-order valence-corrected chi connectivity index (χ0v) is 7.38. The van der Waals surface area contributed by atoms with E-state index in [0.717, 1.165) is 18.7 Å². The third-order valence-electron chi connectivity index (χ3n) is 1.86. The van der Waals surface area contributed by atoms with Gasteiger partial charge in [-0.1, -0.05) is 6.08 Å². The van der Waals surface area contributed by atoms with Gasteiger partial charge in [0.2, 0.25) is 0 Å². The number of rotatable bonds is 5. The van der Waals surface area contributed by atoms with Crippen LogP contribution in [0, 0.1) is 0 Å². The molecule has 0 spiro atoms. The molecular formula is C9H15N3. The van der Waals surface area contributed by atoms with Crippen LogP contribution < -0.4 is 5.32 Å². The van der Waals surface area contributed by atoms with Crippen LogP contribution in [-0.4, -0.2) is 17.0 Å². The first kappa shape index (κ1) is 9.00. The zero-order chi connectivity index (χ0) is 8.81. The molecule has 1 rings (SSSR count). The van der Waals surface area contributed by atoms with Gasteiger partial charge in [0.1, 0.15) is 5.82 Å². The second kappa shape index (κ2) is 4.72. The Morgan fingerprint density at radius 2 is 2.67 bits per heavy atom. The van der Waals surface area contributed by atoms with Crippen LogP contribution >= 0.6 is 0 Å². The summed E-state index contributed by atoms with van der Waals surface area (Å²) in [5, 5.41) is 3.20. The smallest absolute Gasteiger partial charge is 0.123 e. The lowest BCUT2D eigenvalue weighted by Gasteiger charge is -2.11. The van der Waals surface area contributed by atoms with Crippen molar-refractivity contribution in [2.24, 2.45) is 0 Å². The van der Waals surface area contributed by atoms with Gasteiger partial charge in [-0.05, 0) is 19.9 Å². The van der Waals surface area contributed by atoms with Crippen LogP contribution in [0.5, 0.6) is 0 Å². The third kappa shape index (κ3) is 2.20. The van der Waals surface area contributed by atoms with Crippen LogP contribution in [0.3, 0.4) is 0 Å². The minimum atomic E-state index is 0.318. The van der Waals surface area contributed by atoms with Gasteiger partial charge in [-0.2, -0.15) is 0 Å². The Morgan fingerprint density at radius 1 is 1.83 bits per heavy atom. The summed E-state index contributed by atoms with van der Waals surface area (Å²) in [5.74, 6) is 0.999. The van der Waals surface area contributed by atoms with Crippen molar-refractivity contribution in [1.82, 2.24) is 15.3 Å². The van der Waals surface area contributed by atoms with E-state index in [2.05, 4.69) is 21.9 Å². The summed E-state index contributed by atoms with van der Waals surface area (Å²) in [4.78, 5) is 7.28. The molecule has 3 nitrogen and oxygen atoms in total. The molecular weight excluding hydrogens is 150 g/mol. The molecule has 0 bridgehead atoms. The first-order chi connectivity index (χ1) is 5.88. The van der Waals surface area contributed by atoms with E-state index in [1.165, 1.54) is 0 Å². The van der Waals surface area contributed by atoms with E-state index >= 15 is 0 Å². The average molecular weight is 165 g/mol. The number of nitrogens with zero attached hydrogens (tertiary/aromatic N) is 1. The molecule has 0 saturated heterocycles. The number of aromatic nitrogens is 2. The molecule has 0 aliphatic carbocycles. The van der Waals surface area contributed by atoms with Crippen molar-refractivity contribution in [3.05, 3.63) is 30.9 Å². The Balaban J connectivity index is 2.51. The fourth-order valence-electron chi connectivity index (χ4n) is 1.17. The maximum atomic E-state index is 4.19. The van der Waals surface area contributed by atoms with Crippen LogP contribution in [0.1, 0.15) is 24.7 Å². The van der Waals surface area contributed by atoms with Crippen molar-refractivity contribution in [3.63, 3.8) is 0 Å². The predicted molar refractivity (Wildman–Crippen MR) is 49.8 cm³/mol. The monoisotopic (exact) mass is 165 g/mol. The summed E-state index contributed by atoms with van der Waals surface area (Å²) in [6.07, 6.45) is 7.58. The van der Waals surface area contributed by atoms with Crippen LogP contribution in [-0.2, 0) is 0 Å². The van der Waals surface area contributed by atoms with E-state index in [-0.39, 0.29) is 0 Å². The topological polar surface area (TPSA) is 40.7 Å². The minimum absolute atomic E-state index is 0.318. The van der Waals surface area contributed by atoms with Crippen LogP contribution in [0.2, 0.25) is 0 Å². The number of H-pyrrole nitrogens is 1. The molecule has 1 atom stereocenters. The Bertz CT molecular complexity index is 216. The van der Waals surface area contributed by atoms with E-state index < -0.39 is 0 Å². The first-order valence-electron chi connectivity index (χ1n) is 4.16. The van der Waals surface area contributed by atoms with Gasteiger partial charge in [-0.25, -0.2) is 4.98 Å². The molecule has 12 heavy (non-hydrogen) atoms. The number of hydrogen-bond acceptors (Lipinski definition) is 2. The molecule has 0 aliphatic heterocycles. The molecule has 0 fully saturated rings. The highest BCUT2D eigenvalue weighted by atomic mass is 15.0. The molecule has 1 heterocycles. The third-order valence-corrected chi connectivity index (χ3v) is 1.86. The molecule has 0 aromatic carbocycles. The van der Waals surface area contributed by atoms with E-state index in [9.17, 15) is 0 Å². The summed E-state index contributed by atoms with van der Waals surface area (Å²) < 4.78 is 0. The van der Waals surface area contributed by atoms with Crippen LogP contribution in [0.4, 0.5) is 0 Å². The normalized spacial score (nSPS) is 12.8. The van der Waals surface area contributed by atoms with E-state index in [0.29, 0.717) is 6.04 Å². The van der Waals surface area contributed by atoms with Gasteiger partial charge in [0, 0.05) is 12.4 Å². The summed E-state index contributed by atoms with van der Waals surface area (Å²) in [5.41, 5.74) is 0.